The molecule has 75 valence electrons. The molecule has 0 bridgehead atoms. The SMILES string of the molecule is CN1CC[N]C(N2CCCCC2)C1. The van der Waals surface area contributed by atoms with Crippen LogP contribution in [0.5, 0.6) is 0 Å². The molecule has 0 aromatic carbocycles. The van der Waals surface area contributed by atoms with Gasteiger partial charge in [0.1, 0.15) is 0 Å². The Bertz CT molecular complexity index is 154. The Balaban J connectivity index is 1.83. The fourth-order valence-corrected chi connectivity index (χ4v) is 2.25. The van der Waals surface area contributed by atoms with Crippen LogP contribution in [-0.4, -0.2) is 55.7 Å². The highest BCUT2D eigenvalue weighted by Crippen LogP contribution is 2.13. The van der Waals surface area contributed by atoms with Crippen molar-refractivity contribution in [2.24, 2.45) is 0 Å². The van der Waals surface area contributed by atoms with Gasteiger partial charge in [0.05, 0.1) is 6.17 Å². The molecular formula is C10H20N3. The van der Waals surface area contributed by atoms with Gasteiger partial charge >= 0.3 is 0 Å². The van der Waals surface area contributed by atoms with Crippen LogP contribution < -0.4 is 5.32 Å². The minimum Gasteiger partial charge on any atom is -0.302 e. The third-order valence-corrected chi connectivity index (χ3v) is 3.11. The fraction of sp³-hybridized carbons (Fsp3) is 1.00. The number of hydrogen-bond donors (Lipinski definition) is 0. The van der Waals surface area contributed by atoms with Crippen molar-refractivity contribution < 1.29 is 0 Å². The molecule has 2 aliphatic rings. The van der Waals surface area contributed by atoms with Crippen LogP contribution in [0.4, 0.5) is 0 Å². The second-order valence-electron chi connectivity index (χ2n) is 4.25. The maximum absolute atomic E-state index is 4.69. The van der Waals surface area contributed by atoms with E-state index in [2.05, 4.69) is 22.2 Å². The van der Waals surface area contributed by atoms with E-state index in [4.69, 9.17) is 0 Å². The topological polar surface area (TPSA) is 20.6 Å². The van der Waals surface area contributed by atoms with Gasteiger partial charge < -0.3 is 4.90 Å². The van der Waals surface area contributed by atoms with Crippen molar-refractivity contribution in [3.63, 3.8) is 0 Å². The van der Waals surface area contributed by atoms with E-state index in [0.717, 1.165) is 19.6 Å². The molecule has 1 unspecified atom stereocenters. The molecule has 0 spiro atoms. The van der Waals surface area contributed by atoms with Crippen molar-refractivity contribution in [2.45, 2.75) is 25.4 Å². The van der Waals surface area contributed by atoms with Crippen LogP contribution in [0.1, 0.15) is 19.3 Å². The third-order valence-electron chi connectivity index (χ3n) is 3.11. The van der Waals surface area contributed by atoms with Crippen LogP contribution in [0.3, 0.4) is 0 Å². The summed E-state index contributed by atoms with van der Waals surface area (Å²) in [4.78, 5) is 4.95. The lowest BCUT2D eigenvalue weighted by molar-refractivity contribution is 0.0776. The van der Waals surface area contributed by atoms with Crippen LogP contribution in [0.15, 0.2) is 0 Å². The molecule has 0 aromatic rings. The van der Waals surface area contributed by atoms with Crippen molar-refractivity contribution in [3.8, 4) is 0 Å². The molecule has 0 N–H and O–H groups in total. The number of rotatable bonds is 1. The van der Waals surface area contributed by atoms with E-state index in [1.165, 1.54) is 32.4 Å². The first-order valence-corrected chi connectivity index (χ1v) is 5.45. The van der Waals surface area contributed by atoms with Gasteiger partial charge in [-0.2, -0.15) is 0 Å². The van der Waals surface area contributed by atoms with Crippen LogP contribution in [0.25, 0.3) is 0 Å². The lowest BCUT2D eigenvalue weighted by Crippen LogP contribution is -2.55. The van der Waals surface area contributed by atoms with Gasteiger partial charge in [-0.25, -0.2) is 5.32 Å². The predicted octanol–water partition coefficient (Wildman–Crippen LogP) is 0.348. The number of likely N-dealkylation sites (tertiary alicyclic amines) is 1. The van der Waals surface area contributed by atoms with Gasteiger partial charge in [-0.05, 0) is 33.0 Å². The summed E-state index contributed by atoms with van der Waals surface area (Å²) in [7, 11) is 2.20. The molecule has 2 aliphatic heterocycles. The average molecular weight is 182 g/mol. The smallest absolute Gasteiger partial charge is 0.0890 e. The van der Waals surface area contributed by atoms with E-state index < -0.39 is 0 Å². The highest BCUT2D eigenvalue weighted by atomic mass is 15.3. The molecule has 3 heteroatoms. The first kappa shape index (κ1) is 9.44. The summed E-state index contributed by atoms with van der Waals surface area (Å²) < 4.78 is 0. The zero-order chi connectivity index (χ0) is 9.10. The molecule has 2 rings (SSSR count). The van der Waals surface area contributed by atoms with E-state index in [1.807, 2.05) is 0 Å². The standard InChI is InChI=1S/C10H20N3/c1-12-8-5-11-10(9-12)13-6-3-2-4-7-13/h10H,2-9H2,1H3. The molecule has 1 radical (unpaired) electrons. The third kappa shape index (κ3) is 2.42. The highest BCUT2D eigenvalue weighted by Gasteiger charge is 2.24. The van der Waals surface area contributed by atoms with Gasteiger partial charge in [0.15, 0.2) is 0 Å². The van der Waals surface area contributed by atoms with Crippen molar-refractivity contribution in [3.05, 3.63) is 0 Å². The van der Waals surface area contributed by atoms with Crippen LogP contribution in [0, 0.1) is 0 Å². The number of hydrogen-bond acceptors (Lipinski definition) is 2. The summed E-state index contributed by atoms with van der Waals surface area (Å²) in [5.74, 6) is 0. The Labute approximate surface area is 81.1 Å². The lowest BCUT2D eigenvalue weighted by Gasteiger charge is -2.39. The summed E-state index contributed by atoms with van der Waals surface area (Å²) in [5.41, 5.74) is 0. The van der Waals surface area contributed by atoms with Crippen molar-refractivity contribution in [1.82, 2.24) is 15.1 Å². The highest BCUT2D eigenvalue weighted by molar-refractivity contribution is 4.79. The number of piperidine rings is 1. The molecule has 0 aromatic heterocycles. The molecule has 13 heavy (non-hydrogen) atoms. The lowest BCUT2D eigenvalue weighted by atomic mass is 10.1. The van der Waals surface area contributed by atoms with Gasteiger partial charge in [-0.1, -0.05) is 6.42 Å². The molecule has 0 aliphatic carbocycles. The Morgan fingerprint density at radius 1 is 1.08 bits per heavy atom. The summed E-state index contributed by atoms with van der Waals surface area (Å²) in [6, 6.07) is 0. The first-order valence-electron chi connectivity index (χ1n) is 5.45. The average Bonchev–Trinajstić information content (AvgIpc) is 2.19. The van der Waals surface area contributed by atoms with Gasteiger partial charge in [-0.15, -0.1) is 0 Å². The molecule has 3 nitrogen and oxygen atoms in total. The summed E-state index contributed by atoms with van der Waals surface area (Å²) in [6.45, 7) is 5.84. The summed E-state index contributed by atoms with van der Waals surface area (Å²) in [6.07, 6.45) is 4.66. The monoisotopic (exact) mass is 182 g/mol. The molecule has 2 fully saturated rings. The van der Waals surface area contributed by atoms with E-state index in [1.54, 1.807) is 0 Å². The van der Waals surface area contributed by atoms with E-state index in [-0.39, 0.29) is 0 Å². The number of likely N-dealkylation sites (N-methyl/N-ethyl adjacent to an activating group) is 1. The Hall–Kier alpha value is -0.120. The van der Waals surface area contributed by atoms with E-state index >= 15 is 0 Å². The second-order valence-corrected chi connectivity index (χ2v) is 4.25. The van der Waals surface area contributed by atoms with Crippen molar-refractivity contribution >= 4 is 0 Å². The van der Waals surface area contributed by atoms with Crippen molar-refractivity contribution in [2.75, 3.05) is 39.8 Å². The van der Waals surface area contributed by atoms with E-state index in [9.17, 15) is 0 Å². The van der Waals surface area contributed by atoms with Gasteiger partial charge in [-0.3, -0.25) is 4.90 Å². The maximum atomic E-state index is 4.69. The zero-order valence-corrected chi connectivity index (χ0v) is 8.58. The summed E-state index contributed by atoms with van der Waals surface area (Å²) in [5, 5.41) is 4.69. The minimum atomic E-state index is 0.499. The van der Waals surface area contributed by atoms with E-state index in [0.29, 0.717) is 6.17 Å². The van der Waals surface area contributed by atoms with Crippen LogP contribution in [0.2, 0.25) is 0 Å². The Morgan fingerprint density at radius 3 is 2.54 bits per heavy atom. The Kier molecular flexibility index (Phi) is 3.19. The van der Waals surface area contributed by atoms with Gasteiger partial charge in [0, 0.05) is 19.6 Å². The number of nitrogens with zero attached hydrogens (tertiary/aromatic N) is 3. The van der Waals surface area contributed by atoms with Crippen LogP contribution >= 0.6 is 0 Å². The number of piperazine rings is 1. The van der Waals surface area contributed by atoms with Crippen LogP contribution in [-0.2, 0) is 0 Å². The molecule has 1 atom stereocenters. The zero-order valence-electron chi connectivity index (χ0n) is 8.58. The largest absolute Gasteiger partial charge is 0.302 e. The maximum Gasteiger partial charge on any atom is 0.0890 e. The summed E-state index contributed by atoms with van der Waals surface area (Å²) >= 11 is 0. The predicted molar refractivity (Wildman–Crippen MR) is 53.7 cm³/mol. The van der Waals surface area contributed by atoms with Gasteiger partial charge in [0.25, 0.3) is 0 Å². The molecule has 2 saturated heterocycles. The quantitative estimate of drug-likeness (QED) is 0.583. The molecule has 0 saturated carbocycles. The Morgan fingerprint density at radius 2 is 1.85 bits per heavy atom. The van der Waals surface area contributed by atoms with Gasteiger partial charge in [0.2, 0.25) is 0 Å². The first-order chi connectivity index (χ1) is 6.36. The molecule has 0 amide bonds. The fourth-order valence-electron chi connectivity index (χ4n) is 2.25. The second kappa shape index (κ2) is 4.40. The molecule has 2 heterocycles. The molecular weight excluding hydrogens is 162 g/mol. The van der Waals surface area contributed by atoms with Crippen molar-refractivity contribution in [1.29, 1.82) is 0 Å². The normalized spacial score (nSPS) is 33.5. The minimum absolute atomic E-state index is 0.499.